The van der Waals surface area contributed by atoms with Crippen LogP contribution in [0.4, 0.5) is 5.69 Å². The van der Waals surface area contributed by atoms with E-state index in [0.29, 0.717) is 16.3 Å². The number of carbonyl (C=O) groups is 1. The molecule has 0 unspecified atom stereocenters. The molecule has 142 valence electrons. The van der Waals surface area contributed by atoms with E-state index in [4.69, 9.17) is 11.6 Å². The molecular formula is C20H16ClN3O3S. The van der Waals surface area contributed by atoms with Crippen molar-refractivity contribution in [2.24, 2.45) is 5.10 Å². The van der Waals surface area contributed by atoms with Crippen LogP contribution in [0.2, 0.25) is 5.02 Å². The van der Waals surface area contributed by atoms with Gasteiger partial charge in [0.05, 0.1) is 11.1 Å². The lowest BCUT2D eigenvalue weighted by Gasteiger charge is -2.08. The highest BCUT2D eigenvalue weighted by Crippen LogP contribution is 2.18. The van der Waals surface area contributed by atoms with Crippen molar-refractivity contribution in [2.75, 3.05) is 4.72 Å². The van der Waals surface area contributed by atoms with Gasteiger partial charge in [0.1, 0.15) is 0 Å². The molecule has 28 heavy (non-hydrogen) atoms. The first-order valence-electron chi connectivity index (χ1n) is 8.21. The molecule has 1 amide bonds. The third kappa shape index (κ3) is 5.18. The van der Waals surface area contributed by atoms with E-state index in [-0.39, 0.29) is 4.90 Å². The van der Waals surface area contributed by atoms with E-state index in [0.717, 1.165) is 5.56 Å². The average molecular weight is 414 g/mol. The Morgan fingerprint density at radius 2 is 1.54 bits per heavy atom. The molecule has 0 saturated carbocycles. The zero-order valence-electron chi connectivity index (χ0n) is 14.5. The lowest BCUT2D eigenvalue weighted by molar-refractivity contribution is 0.0955. The van der Waals surface area contributed by atoms with Crippen molar-refractivity contribution in [3.8, 4) is 0 Å². The standard InChI is InChI=1S/C20H16ClN3O3S/c21-17-8-12-19(13-9-17)28(26,27)24-18-10-6-16(7-11-18)20(25)23-22-14-15-4-2-1-3-5-15/h1-14,24H,(H,23,25). The van der Waals surface area contributed by atoms with Crippen LogP contribution in [0.3, 0.4) is 0 Å². The van der Waals surface area contributed by atoms with Gasteiger partial charge < -0.3 is 0 Å². The Labute approximate surface area is 167 Å². The summed E-state index contributed by atoms with van der Waals surface area (Å²) in [6.45, 7) is 0. The van der Waals surface area contributed by atoms with Crippen molar-refractivity contribution in [3.05, 3.63) is 95.0 Å². The average Bonchev–Trinajstić information content (AvgIpc) is 2.69. The van der Waals surface area contributed by atoms with Crippen molar-refractivity contribution in [1.29, 1.82) is 0 Å². The van der Waals surface area contributed by atoms with Gasteiger partial charge in [0.2, 0.25) is 0 Å². The highest BCUT2D eigenvalue weighted by molar-refractivity contribution is 7.92. The number of rotatable bonds is 6. The first-order chi connectivity index (χ1) is 13.4. The summed E-state index contributed by atoms with van der Waals surface area (Å²) in [5, 5.41) is 4.35. The molecular weight excluding hydrogens is 398 g/mol. The summed E-state index contributed by atoms with van der Waals surface area (Å²) in [6.07, 6.45) is 1.53. The maximum Gasteiger partial charge on any atom is 0.271 e. The van der Waals surface area contributed by atoms with Crippen LogP contribution in [-0.4, -0.2) is 20.5 Å². The summed E-state index contributed by atoms with van der Waals surface area (Å²) in [7, 11) is -3.74. The zero-order chi connectivity index (χ0) is 20.0. The minimum atomic E-state index is -3.74. The van der Waals surface area contributed by atoms with E-state index in [9.17, 15) is 13.2 Å². The van der Waals surface area contributed by atoms with Crippen molar-refractivity contribution < 1.29 is 13.2 Å². The summed E-state index contributed by atoms with van der Waals surface area (Å²) in [5.41, 5.74) is 3.96. The molecule has 6 nitrogen and oxygen atoms in total. The first kappa shape index (κ1) is 19.6. The van der Waals surface area contributed by atoms with Crippen molar-refractivity contribution >= 4 is 39.4 Å². The van der Waals surface area contributed by atoms with Gasteiger partial charge >= 0.3 is 0 Å². The number of nitrogens with one attached hydrogen (secondary N) is 2. The Morgan fingerprint density at radius 1 is 0.893 bits per heavy atom. The number of hydrogen-bond donors (Lipinski definition) is 2. The van der Waals surface area contributed by atoms with Gasteiger partial charge in [0, 0.05) is 16.3 Å². The second-order valence-electron chi connectivity index (χ2n) is 5.75. The maximum atomic E-state index is 12.4. The predicted octanol–water partition coefficient (Wildman–Crippen LogP) is 3.90. The molecule has 0 bridgehead atoms. The van der Waals surface area contributed by atoms with E-state index >= 15 is 0 Å². The highest BCUT2D eigenvalue weighted by atomic mass is 35.5. The fourth-order valence-corrected chi connectivity index (χ4v) is 3.47. The number of sulfonamides is 1. The quantitative estimate of drug-likeness (QED) is 0.474. The van der Waals surface area contributed by atoms with Gasteiger partial charge in [-0.25, -0.2) is 13.8 Å². The number of benzene rings is 3. The Balaban J connectivity index is 1.63. The summed E-state index contributed by atoms with van der Waals surface area (Å²) in [6, 6.07) is 21.2. The smallest absolute Gasteiger partial charge is 0.271 e. The molecule has 0 aromatic heterocycles. The van der Waals surface area contributed by atoms with Crippen molar-refractivity contribution in [3.63, 3.8) is 0 Å². The lowest BCUT2D eigenvalue weighted by Crippen LogP contribution is -2.18. The van der Waals surface area contributed by atoms with Gasteiger partial charge in [0.25, 0.3) is 15.9 Å². The van der Waals surface area contributed by atoms with E-state index in [1.54, 1.807) is 0 Å². The largest absolute Gasteiger partial charge is 0.280 e. The Kier molecular flexibility index (Phi) is 6.08. The van der Waals surface area contributed by atoms with Gasteiger partial charge in [-0.1, -0.05) is 41.9 Å². The SMILES string of the molecule is O=C(NN=Cc1ccccc1)c1ccc(NS(=O)(=O)c2ccc(Cl)cc2)cc1. The topological polar surface area (TPSA) is 87.6 Å². The molecule has 0 aliphatic carbocycles. The third-order valence-corrected chi connectivity index (χ3v) is 5.35. The third-order valence-electron chi connectivity index (χ3n) is 3.70. The van der Waals surface area contributed by atoms with Crippen LogP contribution < -0.4 is 10.1 Å². The normalized spacial score (nSPS) is 11.3. The summed E-state index contributed by atoms with van der Waals surface area (Å²) >= 11 is 5.78. The van der Waals surface area contributed by atoms with Gasteiger partial charge in [0.15, 0.2) is 0 Å². The Hall–Kier alpha value is -3.16. The van der Waals surface area contributed by atoms with Gasteiger partial charge in [-0.15, -0.1) is 0 Å². The van der Waals surface area contributed by atoms with E-state index < -0.39 is 15.9 Å². The van der Waals surface area contributed by atoms with Crippen LogP contribution in [0, 0.1) is 0 Å². The molecule has 0 atom stereocenters. The van der Waals surface area contributed by atoms with E-state index in [1.807, 2.05) is 30.3 Å². The monoisotopic (exact) mass is 413 g/mol. The Morgan fingerprint density at radius 3 is 2.18 bits per heavy atom. The van der Waals surface area contributed by atoms with Crippen molar-refractivity contribution in [2.45, 2.75) is 4.90 Å². The minimum absolute atomic E-state index is 0.0916. The second-order valence-corrected chi connectivity index (χ2v) is 7.87. The molecule has 2 N–H and O–H groups in total. The van der Waals surface area contributed by atoms with Crippen LogP contribution in [0.15, 0.2) is 88.9 Å². The van der Waals surface area contributed by atoms with Gasteiger partial charge in [-0.05, 0) is 54.1 Å². The fourth-order valence-electron chi connectivity index (χ4n) is 2.29. The van der Waals surface area contributed by atoms with Crippen LogP contribution in [0.25, 0.3) is 0 Å². The number of anilines is 1. The molecule has 0 aliphatic heterocycles. The number of hydrazone groups is 1. The summed E-state index contributed by atoms with van der Waals surface area (Å²) in [4.78, 5) is 12.2. The molecule has 0 fully saturated rings. The molecule has 0 aliphatic rings. The van der Waals surface area contributed by atoms with Crippen molar-refractivity contribution in [1.82, 2.24) is 5.43 Å². The molecule has 0 radical (unpaired) electrons. The molecule has 0 saturated heterocycles. The first-order valence-corrected chi connectivity index (χ1v) is 10.1. The molecule has 0 spiro atoms. The molecule has 0 heterocycles. The number of nitrogens with zero attached hydrogens (tertiary/aromatic N) is 1. The van der Waals surface area contributed by atoms with Gasteiger partial charge in [-0.3, -0.25) is 9.52 Å². The van der Waals surface area contributed by atoms with Crippen LogP contribution >= 0.6 is 11.6 Å². The molecule has 3 aromatic carbocycles. The number of halogens is 1. The summed E-state index contributed by atoms with van der Waals surface area (Å²) < 4.78 is 27.2. The van der Waals surface area contributed by atoms with E-state index in [1.165, 1.54) is 54.7 Å². The molecule has 3 rings (SSSR count). The number of carbonyl (C=O) groups excluding carboxylic acids is 1. The zero-order valence-corrected chi connectivity index (χ0v) is 16.1. The fraction of sp³-hybridized carbons (Fsp3) is 0. The highest BCUT2D eigenvalue weighted by Gasteiger charge is 2.14. The Bertz CT molecular complexity index is 1080. The lowest BCUT2D eigenvalue weighted by atomic mass is 10.2. The minimum Gasteiger partial charge on any atom is -0.280 e. The van der Waals surface area contributed by atoms with Crippen LogP contribution in [0.1, 0.15) is 15.9 Å². The second kappa shape index (κ2) is 8.69. The van der Waals surface area contributed by atoms with Crippen LogP contribution in [0.5, 0.6) is 0 Å². The van der Waals surface area contributed by atoms with Crippen LogP contribution in [-0.2, 0) is 10.0 Å². The van der Waals surface area contributed by atoms with Gasteiger partial charge in [-0.2, -0.15) is 5.10 Å². The molecule has 8 heteroatoms. The number of amides is 1. The predicted molar refractivity (Wildman–Crippen MR) is 110 cm³/mol. The number of hydrogen-bond acceptors (Lipinski definition) is 4. The van der Waals surface area contributed by atoms with E-state index in [2.05, 4.69) is 15.2 Å². The maximum absolute atomic E-state index is 12.4. The summed E-state index contributed by atoms with van der Waals surface area (Å²) in [5.74, 6) is -0.403. The molecule has 3 aromatic rings.